The molecule has 1 N–H and O–H groups in total. The molecule has 2 heterocycles. The number of thiazole rings is 1. The standard InChI is InChI=1S/C11H16N2O5S2/c1-3-8-5-18-7(2)4-13(8)20(16,17)11-9(10(14)15)12-6-19-11/h6-8H,3-5H2,1-2H3,(H,14,15). The number of hydrogen-bond donors (Lipinski definition) is 1. The number of carboxylic acid groups (broad SMARTS) is 1. The van der Waals surface area contributed by atoms with Crippen LogP contribution < -0.4 is 0 Å². The van der Waals surface area contributed by atoms with E-state index in [9.17, 15) is 13.2 Å². The van der Waals surface area contributed by atoms with Crippen LogP contribution in [0.1, 0.15) is 30.8 Å². The van der Waals surface area contributed by atoms with Gasteiger partial charge in [-0.2, -0.15) is 4.31 Å². The van der Waals surface area contributed by atoms with Gasteiger partial charge in [0.1, 0.15) is 0 Å². The van der Waals surface area contributed by atoms with E-state index in [0.717, 1.165) is 11.3 Å². The van der Waals surface area contributed by atoms with Gasteiger partial charge in [-0.15, -0.1) is 11.3 Å². The monoisotopic (exact) mass is 320 g/mol. The normalized spacial score (nSPS) is 24.7. The van der Waals surface area contributed by atoms with Crippen molar-refractivity contribution in [2.45, 2.75) is 36.6 Å². The molecule has 20 heavy (non-hydrogen) atoms. The molecule has 0 saturated carbocycles. The van der Waals surface area contributed by atoms with Gasteiger partial charge in [0.25, 0.3) is 10.0 Å². The molecular weight excluding hydrogens is 304 g/mol. The first-order chi connectivity index (χ1) is 9.37. The van der Waals surface area contributed by atoms with Crippen molar-refractivity contribution in [2.75, 3.05) is 13.2 Å². The first-order valence-electron chi connectivity index (χ1n) is 6.18. The molecule has 9 heteroatoms. The molecular formula is C11H16N2O5S2. The number of hydrogen-bond acceptors (Lipinski definition) is 6. The number of sulfonamides is 1. The average molecular weight is 320 g/mol. The lowest BCUT2D eigenvalue weighted by molar-refractivity contribution is -0.0229. The Morgan fingerprint density at radius 1 is 1.65 bits per heavy atom. The number of carbonyl (C=O) groups is 1. The minimum Gasteiger partial charge on any atom is -0.476 e. The first-order valence-corrected chi connectivity index (χ1v) is 8.50. The maximum atomic E-state index is 12.7. The SMILES string of the molecule is CCC1COC(C)CN1S(=O)(=O)c1scnc1C(=O)O. The molecule has 112 valence electrons. The summed E-state index contributed by atoms with van der Waals surface area (Å²) in [5.41, 5.74) is 0.824. The second kappa shape index (κ2) is 5.76. The lowest BCUT2D eigenvalue weighted by atomic mass is 10.2. The lowest BCUT2D eigenvalue weighted by Gasteiger charge is -2.36. The number of morpholine rings is 1. The van der Waals surface area contributed by atoms with Gasteiger partial charge in [0, 0.05) is 12.6 Å². The van der Waals surface area contributed by atoms with E-state index in [1.165, 1.54) is 9.82 Å². The van der Waals surface area contributed by atoms with Gasteiger partial charge in [-0.25, -0.2) is 18.2 Å². The Kier molecular flexibility index (Phi) is 4.43. The highest BCUT2D eigenvalue weighted by atomic mass is 32.2. The van der Waals surface area contributed by atoms with Crippen molar-refractivity contribution in [3.05, 3.63) is 11.2 Å². The van der Waals surface area contributed by atoms with E-state index in [0.29, 0.717) is 13.0 Å². The van der Waals surface area contributed by atoms with Crippen LogP contribution in [0, 0.1) is 0 Å². The van der Waals surface area contributed by atoms with Crippen LogP contribution >= 0.6 is 11.3 Å². The second-order valence-electron chi connectivity index (χ2n) is 4.57. The van der Waals surface area contributed by atoms with Crippen LogP contribution in [-0.4, -0.2) is 54.1 Å². The van der Waals surface area contributed by atoms with Crippen molar-refractivity contribution in [2.24, 2.45) is 0 Å². The highest BCUT2D eigenvalue weighted by Crippen LogP contribution is 2.28. The van der Waals surface area contributed by atoms with Crippen molar-refractivity contribution < 1.29 is 23.1 Å². The molecule has 0 aliphatic carbocycles. The van der Waals surface area contributed by atoms with E-state index in [2.05, 4.69) is 4.98 Å². The van der Waals surface area contributed by atoms with E-state index in [1.807, 2.05) is 6.92 Å². The zero-order chi connectivity index (χ0) is 14.9. The highest BCUT2D eigenvalue weighted by molar-refractivity contribution is 7.91. The maximum absolute atomic E-state index is 12.7. The quantitative estimate of drug-likeness (QED) is 0.890. The molecule has 0 spiro atoms. The Bertz CT molecular complexity index is 598. The summed E-state index contributed by atoms with van der Waals surface area (Å²) >= 11 is 0.830. The van der Waals surface area contributed by atoms with E-state index in [4.69, 9.17) is 9.84 Å². The molecule has 1 aromatic heterocycles. The van der Waals surface area contributed by atoms with Crippen molar-refractivity contribution in [1.82, 2.24) is 9.29 Å². The Morgan fingerprint density at radius 2 is 2.35 bits per heavy atom. The minimum atomic E-state index is -3.86. The summed E-state index contributed by atoms with van der Waals surface area (Å²) in [6.45, 7) is 4.20. The van der Waals surface area contributed by atoms with Crippen LogP contribution in [0.15, 0.2) is 9.72 Å². The molecule has 2 atom stereocenters. The van der Waals surface area contributed by atoms with E-state index >= 15 is 0 Å². The molecule has 2 rings (SSSR count). The van der Waals surface area contributed by atoms with Crippen molar-refractivity contribution in [3.63, 3.8) is 0 Å². The smallest absolute Gasteiger partial charge is 0.356 e. The molecule has 1 fully saturated rings. The fourth-order valence-electron chi connectivity index (χ4n) is 2.10. The summed E-state index contributed by atoms with van der Waals surface area (Å²) in [5.74, 6) is -1.33. The number of aromatic nitrogens is 1. The fourth-order valence-corrected chi connectivity index (χ4v) is 5.11. The van der Waals surface area contributed by atoms with Crippen LogP contribution in [-0.2, 0) is 14.8 Å². The number of carboxylic acids is 1. The van der Waals surface area contributed by atoms with Crippen molar-refractivity contribution in [1.29, 1.82) is 0 Å². The maximum Gasteiger partial charge on any atom is 0.356 e. The summed E-state index contributed by atoms with van der Waals surface area (Å²) in [7, 11) is -3.86. The van der Waals surface area contributed by atoms with E-state index in [1.54, 1.807) is 6.92 Å². The van der Waals surface area contributed by atoms with Gasteiger partial charge in [-0.1, -0.05) is 6.92 Å². The van der Waals surface area contributed by atoms with Gasteiger partial charge in [0.15, 0.2) is 9.90 Å². The predicted octanol–water partition coefficient (Wildman–Crippen LogP) is 1.03. The highest BCUT2D eigenvalue weighted by Gasteiger charge is 2.38. The van der Waals surface area contributed by atoms with Gasteiger partial charge >= 0.3 is 5.97 Å². The third kappa shape index (κ3) is 2.71. The second-order valence-corrected chi connectivity index (χ2v) is 7.51. The van der Waals surface area contributed by atoms with E-state index in [-0.39, 0.29) is 22.9 Å². The Hall–Kier alpha value is -1.03. The van der Waals surface area contributed by atoms with Gasteiger partial charge in [0.2, 0.25) is 0 Å². The van der Waals surface area contributed by atoms with Crippen LogP contribution in [0.5, 0.6) is 0 Å². The van der Waals surface area contributed by atoms with Gasteiger partial charge < -0.3 is 9.84 Å². The van der Waals surface area contributed by atoms with Crippen molar-refractivity contribution in [3.8, 4) is 0 Å². The van der Waals surface area contributed by atoms with Gasteiger partial charge in [-0.3, -0.25) is 0 Å². The molecule has 0 bridgehead atoms. The fraction of sp³-hybridized carbons (Fsp3) is 0.636. The van der Waals surface area contributed by atoms with Crippen LogP contribution in [0.2, 0.25) is 0 Å². The Labute approximate surface area is 121 Å². The van der Waals surface area contributed by atoms with Gasteiger partial charge in [0.05, 0.1) is 18.2 Å². The molecule has 7 nitrogen and oxygen atoms in total. The molecule has 1 aliphatic rings. The summed E-state index contributed by atoms with van der Waals surface area (Å²) < 4.78 is 31.9. The molecule has 0 radical (unpaired) electrons. The average Bonchev–Trinajstić information content (AvgIpc) is 2.88. The molecule has 1 saturated heterocycles. The number of aromatic carboxylic acids is 1. The molecule has 0 aromatic carbocycles. The Morgan fingerprint density at radius 3 is 2.95 bits per heavy atom. The minimum absolute atomic E-state index is 0.211. The number of rotatable bonds is 4. The first kappa shape index (κ1) is 15.4. The van der Waals surface area contributed by atoms with Crippen LogP contribution in [0.4, 0.5) is 0 Å². The van der Waals surface area contributed by atoms with Gasteiger partial charge in [-0.05, 0) is 13.3 Å². The third-order valence-electron chi connectivity index (χ3n) is 3.17. The number of nitrogens with zero attached hydrogens (tertiary/aromatic N) is 2. The molecule has 0 amide bonds. The summed E-state index contributed by atoms with van der Waals surface area (Å²) in [5, 5.41) is 9.03. The summed E-state index contributed by atoms with van der Waals surface area (Å²) in [6, 6.07) is -0.278. The van der Waals surface area contributed by atoms with Crippen LogP contribution in [0.25, 0.3) is 0 Å². The third-order valence-corrected chi connectivity index (χ3v) is 6.43. The largest absolute Gasteiger partial charge is 0.476 e. The number of ether oxygens (including phenoxy) is 1. The van der Waals surface area contributed by atoms with Crippen molar-refractivity contribution >= 4 is 27.3 Å². The lowest BCUT2D eigenvalue weighted by Crippen LogP contribution is -2.51. The Balaban J connectivity index is 2.42. The zero-order valence-corrected chi connectivity index (χ0v) is 12.8. The van der Waals surface area contributed by atoms with Crippen LogP contribution in [0.3, 0.4) is 0 Å². The summed E-state index contributed by atoms with van der Waals surface area (Å²) in [6.07, 6.45) is 0.390. The molecule has 2 unspecified atom stereocenters. The predicted molar refractivity (Wildman–Crippen MR) is 72.5 cm³/mol. The zero-order valence-electron chi connectivity index (χ0n) is 11.1. The molecule has 1 aliphatic heterocycles. The summed E-state index contributed by atoms with van der Waals surface area (Å²) in [4.78, 5) is 14.7. The topological polar surface area (TPSA) is 96.8 Å². The molecule has 1 aromatic rings. The van der Waals surface area contributed by atoms with E-state index < -0.39 is 21.7 Å².